The Hall–Kier alpha value is -0.580. The lowest BCUT2D eigenvalue weighted by Crippen LogP contribution is -2.29. The van der Waals surface area contributed by atoms with Gasteiger partial charge in [0.25, 0.3) is 0 Å². The molecule has 1 fully saturated rings. The Morgan fingerprint density at radius 2 is 2.06 bits per heavy atom. The molecule has 0 aromatic heterocycles. The molecular formula is C13H20BrN3. The Balaban J connectivity index is 2.22. The maximum absolute atomic E-state index is 5.82. The molecule has 0 aliphatic carbocycles. The fourth-order valence-corrected chi connectivity index (χ4v) is 2.64. The van der Waals surface area contributed by atoms with E-state index >= 15 is 0 Å². The van der Waals surface area contributed by atoms with Crippen molar-refractivity contribution in [1.29, 1.82) is 0 Å². The number of nitrogens with two attached hydrogens (primary N) is 1. The van der Waals surface area contributed by atoms with Crippen molar-refractivity contribution in [3.8, 4) is 0 Å². The van der Waals surface area contributed by atoms with Gasteiger partial charge in [-0.3, -0.25) is 0 Å². The molecule has 0 spiro atoms. The van der Waals surface area contributed by atoms with Gasteiger partial charge in [0.1, 0.15) is 0 Å². The SMILES string of the molecule is CN1CCCN(c2cc(Br)ccc2CN)CC1. The van der Waals surface area contributed by atoms with Crippen molar-refractivity contribution in [2.75, 3.05) is 38.1 Å². The van der Waals surface area contributed by atoms with Crippen LogP contribution in [0.3, 0.4) is 0 Å². The van der Waals surface area contributed by atoms with E-state index in [1.165, 1.54) is 24.2 Å². The van der Waals surface area contributed by atoms with Crippen molar-refractivity contribution >= 4 is 21.6 Å². The first-order valence-electron chi connectivity index (χ1n) is 6.12. The lowest BCUT2D eigenvalue weighted by atomic mass is 10.1. The third kappa shape index (κ3) is 3.21. The fourth-order valence-electron chi connectivity index (χ4n) is 2.29. The van der Waals surface area contributed by atoms with Crippen LogP contribution in [-0.4, -0.2) is 38.1 Å². The number of nitrogens with zero attached hydrogens (tertiary/aromatic N) is 2. The summed E-state index contributed by atoms with van der Waals surface area (Å²) in [4.78, 5) is 4.84. The van der Waals surface area contributed by atoms with E-state index in [2.05, 4.69) is 51.0 Å². The van der Waals surface area contributed by atoms with Crippen molar-refractivity contribution < 1.29 is 0 Å². The largest absolute Gasteiger partial charge is 0.370 e. The van der Waals surface area contributed by atoms with Crippen LogP contribution in [0.4, 0.5) is 5.69 Å². The molecule has 2 N–H and O–H groups in total. The minimum atomic E-state index is 0.606. The molecule has 1 aromatic carbocycles. The molecule has 1 saturated heterocycles. The highest BCUT2D eigenvalue weighted by molar-refractivity contribution is 9.10. The normalized spacial score (nSPS) is 18.2. The van der Waals surface area contributed by atoms with Crippen LogP contribution in [0.2, 0.25) is 0 Å². The minimum absolute atomic E-state index is 0.606. The van der Waals surface area contributed by atoms with E-state index in [1.54, 1.807) is 0 Å². The Labute approximate surface area is 112 Å². The van der Waals surface area contributed by atoms with Crippen LogP contribution in [0, 0.1) is 0 Å². The third-order valence-electron chi connectivity index (χ3n) is 3.33. The predicted octanol–water partition coefficient (Wildman–Crippen LogP) is 2.05. The first kappa shape index (κ1) is 12.9. The fraction of sp³-hybridized carbons (Fsp3) is 0.538. The van der Waals surface area contributed by atoms with E-state index in [1.807, 2.05) is 0 Å². The molecule has 0 saturated carbocycles. The van der Waals surface area contributed by atoms with Gasteiger partial charge >= 0.3 is 0 Å². The Bertz CT molecular complexity index is 381. The molecule has 3 nitrogen and oxygen atoms in total. The van der Waals surface area contributed by atoms with E-state index in [0.717, 1.165) is 24.1 Å². The third-order valence-corrected chi connectivity index (χ3v) is 3.82. The van der Waals surface area contributed by atoms with Crippen LogP contribution in [0.25, 0.3) is 0 Å². The molecule has 94 valence electrons. The molecule has 1 heterocycles. The van der Waals surface area contributed by atoms with Crippen molar-refractivity contribution in [2.45, 2.75) is 13.0 Å². The summed E-state index contributed by atoms with van der Waals surface area (Å²) in [6.07, 6.45) is 1.22. The molecule has 0 radical (unpaired) electrons. The molecule has 0 atom stereocenters. The van der Waals surface area contributed by atoms with Crippen LogP contribution >= 0.6 is 15.9 Å². The molecule has 0 unspecified atom stereocenters. The summed E-state index contributed by atoms with van der Waals surface area (Å²) >= 11 is 3.55. The lowest BCUT2D eigenvalue weighted by Gasteiger charge is -2.25. The number of hydrogen-bond donors (Lipinski definition) is 1. The quantitative estimate of drug-likeness (QED) is 0.907. The van der Waals surface area contributed by atoms with Gasteiger partial charge in [0.05, 0.1) is 0 Å². The van der Waals surface area contributed by atoms with Gasteiger partial charge in [-0.1, -0.05) is 22.0 Å². The summed E-state index contributed by atoms with van der Waals surface area (Å²) in [6, 6.07) is 6.37. The molecule has 17 heavy (non-hydrogen) atoms. The highest BCUT2D eigenvalue weighted by Crippen LogP contribution is 2.25. The van der Waals surface area contributed by atoms with Gasteiger partial charge in [0, 0.05) is 36.3 Å². The molecule has 2 rings (SSSR count). The van der Waals surface area contributed by atoms with Gasteiger partial charge in [-0.2, -0.15) is 0 Å². The molecule has 1 aromatic rings. The van der Waals surface area contributed by atoms with Crippen LogP contribution in [0.1, 0.15) is 12.0 Å². The summed E-state index contributed by atoms with van der Waals surface area (Å²) in [7, 11) is 2.19. The van der Waals surface area contributed by atoms with Gasteiger partial charge in [-0.05, 0) is 37.7 Å². The predicted molar refractivity (Wildman–Crippen MR) is 76.4 cm³/mol. The van der Waals surface area contributed by atoms with E-state index in [4.69, 9.17) is 5.73 Å². The van der Waals surface area contributed by atoms with E-state index in [-0.39, 0.29) is 0 Å². The lowest BCUT2D eigenvalue weighted by molar-refractivity contribution is 0.360. The molecule has 1 aliphatic rings. The summed E-state index contributed by atoms with van der Waals surface area (Å²) < 4.78 is 1.13. The van der Waals surface area contributed by atoms with Crippen LogP contribution in [0.15, 0.2) is 22.7 Å². The summed E-state index contributed by atoms with van der Waals surface area (Å²) in [5.41, 5.74) is 8.34. The Morgan fingerprint density at radius 3 is 2.82 bits per heavy atom. The first-order valence-corrected chi connectivity index (χ1v) is 6.92. The topological polar surface area (TPSA) is 32.5 Å². The monoisotopic (exact) mass is 297 g/mol. The van der Waals surface area contributed by atoms with Gasteiger partial charge in [0.15, 0.2) is 0 Å². The highest BCUT2D eigenvalue weighted by atomic mass is 79.9. The summed E-state index contributed by atoms with van der Waals surface area (Å²) in [5, 5.41) is 0. The standard InChI is InChI=1S/C13H20BrN3/c1-16-5-2-6-17(8-7-16)13-9-12(14)4-3-11(13)10-15/h3-4,9H,2,5-8,10,15H2,1H3. The van der Waals surface area contributed by atoms with Gasteiger partial charge in [0.2, 0.25) is 0 Å². The van der Waals surface area contributed by atoms with Gasteiger partial charge in [-0.15, -0.1) is 0 Å². The van der Waals surface area contributed by atoms with Crippen molar-refractivity contribution in [2.24, 2.45) is 5.73 Å². The average molecular weight is 298 g/mol. The number of rotatable bonds is 2. The smallest absolute Gasteiger partial charge is 0.0423 e. The van der Waals surface area contributed by atoms with Crippen molar-refractivity contribution in [1.82, 2.24) is 4.90 Å². The number of hydrogen-bond acceptors (Lipinski definition) is 3. The number of likely N-dealkylation sites (N-methyl/N-ethyl adjacent to an activating group) is 1. The second-order valence-electron chi connectivity index (χ2n) is 4.62. The Morgan fingerprint density at radius 1 is 1.24 bits per heavy atom. The van der Waals surface area contributed by atoms with E-state index in [9.17, 15) is 0 Å². The average Bonchev–Trinajstić information content (AvgIpc) is 2.54. The first-order chi connectivity index (χ1) is 8.20. The number of benzene rings is 1. The number of anilines is 1. The molecule has 0 bridgehead atoms. The van der Waals surface area contributed by atoms with Gasteiger partial charge in [-0.25, -0.2) is 0 Å². The van der Waals surface area contributed by atoms with Gasteiger partial charge < -0.3 is 15.5 Å². The zero-order valence-corrected chi connectivity index (χ0v) is 11.9. The highest BCUT2D eigenvalue weighted by Gasteiger charge is 2.15. The van der Waals surface area contributed by atoms with E-state index in [0.29, 0.717) is 6.54 Å². The molecule has 0 amide bonds. The van der Waals surface area contributed by atoms with E-state index < -0.39 is 0 Å². The van der Waals surface area contributed by atoms with Crippen LogP contribution < -0.4 is 10.6 Å². The summed E-state index contributed by atoms with van der Waals surface area (Å²) in [5.74, 6) is 0. The minimum Gasteiger partial charge on any atom is -0.370 e. The molecule has 4 heteroatoms. The zero-order valence-electron chi connectivity index (χ0n) is 10.3. The second kappa shape index (κ2) is 5.85. The molecular weight excluding hydrogens is 278 g/mol. The van der Waals surface area contributed by atoms with Crippen LogP contribution in [0.5, 0.6) is 0 Å². The molecule has 1 aliphatic heterocycles. The second-order valence-corrected chi connectivity index (χ2v) is 5.54. The Kier molecular flexibility index (Phi) is 4.42. The van der Waals surface area contributed by atoms with Crippen molar-refractivity contribution in [3.05, 3.63) is 28.2 Å². The van der Waals surface area contributed by atoms with Crippen molar-refractivity contribution in [3.63, 3.8) is 0 Å². The zero-order chi connectivity index (χ0) is 12.3. The number of halogens is 1. The summed E-state index contributed by atoms with van der Waals surface area (Å²) in [6.45, 7) is 5.11. The maximum atomic E-state index is 5.82. The van der Waals surface area contributed by atoms with Crippen LogP contribution in [-0.2, 0) is 6.54 Å². The maximum Gasteiger partial charge on any atom is 0.0423 e.